The Morgan fingerprint density at radius 2 is 2.13 bits per heavy atom. The van der Waals surface area contributed by atoms with Gasteiger partial charge in [-0.25, -0.2) is 8.42 Å². The molecule has 1 aromatic rings. The number of aryl methyl sites for hydroxylation is 1. The van der Waals surface area contributed by atoms with E-state index < -0.39 is 10.0 Å². The zero-order chi connectivity index (χ0) is 16.6. The summed E-state index contributed by atoms with van der Waals surface area (Å²) in [6.07, 6.45) is 1.12. The predicted molar refractivity (Wildman–Crippen MR) is 89.8 cm³/mol. The highest BCUT2D eigenvalue weighted by Gasteiger charge is 2.43. The van der Waals surface area contributed by atoms with Crippen molar-refractivity contribution < 1.29 is 13.2 Å². The predicted octanol–water partition coefficient (Wildman–Crippen LogP) is 1.58. The van der Waals surface area contributed by atoms with Gasteiger partial charge in [0.1, 0.15) is 0 Å². The maximum Gasteiger partial charge on any atom is 0.243 e. The molecule has 0 spiro atoms. The minimum absolute atomic E-state index is 0.235. The second kappa shape index (κ2) is 6.51. The Labute approximate surface area is 139 Å². The van der Waals surface area contributed by atoms with Crippen LogP contribution in [0.5, 0.6) is 0 Å². The molecule has 3 rings (SSSR count). The second-order valence-electron chi connectivity index (χ2n) is 7.03. The van der Waals surface area contributed by atoms with Crippen LogP contribution >= 0.6 is 0 Å². The minimum Gasteiger partial charge on any atom is -0.376 e. The maximum absolute atomic E-state index is 12.9. The first-order valence-electron chi connectivity index (χ1n) is 8.21. The van der Waals surface area contributed by atoms with Crippen molar-refractivity contribution in [1.82, 2.24) is 9.21 Å². The summed E-state index contributed by atoms with van der Waals surface area (Å²) in [4.78, 5) is 2.54. The Morgan fingerprint density at radius 1 is 1.35 bits per heavy atom. The highest BCUT2D eigenvalue weighted by atomic mass is 32.2. The third-order valence-electron chi connectivity index (χ3n) is 4.93. The van der Waals surface area contributed by atoms with E-state index in [1.807, 2.05) is 27.1 Å². The summed E-state index contributed by atoms with van der Waals surface area (Å²) < 4.78 is 33.3. The minimum atomic E-state index is -3.40. The molecule has 0 radical (unpaired) electrons. The molecule has 2 aliphatic rings. The van der Waals surface area contributed by atoms with E-state index in [4.69, 9.17) is 4.74 Å². The van der Waals surface area contributed by atoms with Crippen molar-refractivity contribution in [2.45, 2.75) is 24.3 Å². The zero-order valence-corrected chi connectivity index (χ0v) is 14.9. The Kier molecular flexibility index (Phi) is 4.78. The van der Waals surface area contributed by atoms with E-state index >= 15 is 0 Å². The number of fused-ring (bicyclic) bond motifs is 1. The van der Waals surface area contributed by atoms with Gasteiger partial charge >= 0.3 is 0 Å². The molecular formula is C17H26N2O3S. The highest BCUT2D eigenvalue weighted by molar-refractivity contribution is 7.89. The molecule has 2 fully saturated rings. The monoisotopic (exact) mass is 338 g/mol. The summed E-state index contributed by atoms with van der Waals surface area (Å²) in [6, 6.07) is 7.17. The molecule has 0 bridgehead atoms. The molecular weight excluding hydrogens is 312 g/mol. The normalized spacial score (nSPS) is 29.0. The van der Waals surface area contributed by atoms with Gasteiger partial charge in [0, 0.05) is 25.6 Å². The summed E-state index contributed by atoms with van der Waals surface area (Å²) in [7, 11) is 0.703. The van der Waals surface area contributed by atoms with Crippen LogP contribution < -0.4 is 0 Å². The van der Waals surface area contributed by atoms with E-state index in [9.17, 15) is 8.42 Å². The Bertz CT molecular complexity index is 660. The Morgan fingerprint density at radius 3 is 2.83 bits per heavy atom. The lowest BCUT2D eigenvalue weighted by molar-refractivity contribution is 0.0653. The molecule has 3 atom stereocenters. The topological polar surface area (TPSA) is 49.9 Å². The van der Waals surface area contributed by atoms with Crippen LogP contribution in [-0.4, -0.2) is 64.1 Å². The largest absolute Gasteiger partial charge is 0.376 e. The van der Waals surface area contributed by atoms with Gasteiger partial charge in [-0.15, -0.1) is 0 Å². The van der Waals surface area contributed by atoms with E-state index in [0.29, 0.717) is 36.4 Å². The van der Waals surface area contributed by atoms with Gasteiger partial charge in [-0.2, -0.15) is 4.31 Å². The van der Waals surface area contributed by atoms with Gasteiger partial charge in [-0.1, -0.05) is 12.1 Å². The Hall–Kier alpha value is -0.950. The molecule has 23 heavy (non-hydrogen) atoms. The van der Waals surface area contributed by atoms with E-state index in [2.05, 4.69) is 4.90 Å². The number of likely N-dealkylation sites (N-methyl/N-ethyl adjacent to an activating group) is 1. The summed E-state index contributed by atoms with van der Waals surface area (Å²) in [6.45, 7) is 4.66. The summed E-state index contributed by atoms with van der Waals surface area (Å²) >= 11 is 0. The SMILES string of the molecule is Cc1cccc(S(=O)(=O)N2CC[C@@H]3[C@@H](CO[C@H]3CN(C)C)C2)c1. The molecule has 0 aromatic heterocycles. The van der Waals surface area contributed by atoms with Crippen LogP contribution in [-0.2, 0) is 14.8 Å². The first kappa shape index (κ1) is 16.9. The molecule has 6 heteroatoms. The smallest absolute Gasteiger partial charge is 0.243 e. The summed E-state index contributed by atoms with van der Waals surface area (Å²) in [5.74, 6) is 0.787. The number of rotatable bonds is 4. The van der Waals surface area contributed by atoms with Crippen molar-refractivity contribution in [3.8, 4) is 0 Å². The maximum atomic E-state index is 12.9. The molecule has 5 nitrogen and oxygen atoms in total. The van der Waals surface area contributed by atoms with Gasteiger partial charge in [-0.05, 0) is 51.1 Å². The van der Waals surface area contributed by atoms with Crippen molar-refractivity contribution in [2.75, 3.05) is 40.3 Å². The van der Waals surface area contributed by atoms with Crippen molar-refractivity contribution in [2.24, 2.45) is 11.8 Å². The van der Waals surface area contributed by atoms with Crippen molar-refractivity contribution in [1.29, 1.82) is 0 Å². The van der Waals surface area contributed by atoms with Gasteiger partial charge in [0.2, 0.25) is 10.0 Å². The van der Waals surface area contributed by atoms with Crippen molar-refractivity contribution in [3.63, 3.8) is 0 Å². The van der Waals surface area contributed by atoms with Gasteiger partial charge in [-0.3, -0.25) is 0 Å². The van der Waals surface area contributed by atoms with E-state index in [0.717, 1.165) is 18.5 Å². The fraction of sp³-hybridized carbons (Fsp3) is 0.647. The van der Waals surface area contributed by atoms with Crippen LogP contribution in [0.4, 0.5) is 0 Å². The lowest BCUT2D eigenvalue weighted by Crippen LogP contribution is -2.45. The molecule has 0 unspecified atom stereocenters. The van der Waals surface area contributed by atoms with Crippen LogP contribution in [0.2, 0.25) is 0 Å². The quantitative estimate of drug-likeness (QED) is 0.836. The zero-order valence-electron chi connectivity index (χ0n) is 14.1. The number of nitrogens with zero attached hydrogens (tertiary/aromatic N) is 2. The molecule has 128 valence electrons. The standard InChI is InChI=1S/C17H26N2O3S/c1-13-5-4-6-15(9-13)23(20,21)19-8-7-16-14(10-19)12-22-17(16)11-18(2)3/h4-6,9,14,16-17H,7-8,10-12H2,1-3H3/t14-,16-,17+/m1/s1. The van der Waals surface area contributed by atoms with Crippen LogP contribution in [0, 0.1) is 18.8 Å². The average Bonchev–Trinajstić information content (AvgIpc) is 2.89. The van der Waals surface area contributed by atoms with Crippen LogP contribution in [0.1, 0.15) is 12.0 Å². The number of hydrogen-bond acceptors (Lipinski definition) is 4. The number of piperidine rings is 1. The number of hydrogen-bond donors (Lipinski definition) is 0. The van der Waals surface area contributed by atoms with Crippen LogP contribution in [0.25, 0.3) is 0 Å². The first-order valence-corrected chi connectivity index (χ1v) is 9.65. The summed E-state index contributed by atoms with van der Waals surface area (Å²) in [5.41, 5.74) is 0.969. The molecule has 0 saturated carbocycles. The molecule has 2 saturated heterocycles. The van der Waals surface area contributed by atoms with E-state index in [-0.39, 0.29) is 6.10 Å². The second-order valence-corrected chi connectivity index (χ2v) is 8.96. The molecule has 0 aliphatic carbocycles. The van der Waals surface area contributed by atoms with Crippen molar-refractivity contribution in [3.05, 3.63) is 29.8 Å². The molecule has 0 N–H and O–H groups in total. The number of sulfonamides is 1. The fourth-order valence-corrected chi connectivity index (χ4v) is 5.36. The van der Waals surface area contributed by atoms with E-state index in [1.54, 1.807) is 22.5 Å². The summed E-state index contributed by atoms with van der Waals surface area (Å²) in [5, 5.41) is 0. The lowest BCUT2D eigenvalue weighted by atomic mass is 9.85. The molecule has 1 aromatic carbocycles. The third-order valence-corrected chi connectivity index (χ3v) is 6.79. The highest BCUT2D eigenvalue weighted by Crippen LogP contribution is 2.36. The van der Waals surface area contributed by atoms with Crippen molar-refractivity contribution >= 4 is 10.0 Å². The van der Waals surface area contributed by atoms with E-state index in [1.165, 1.54) is 0 Å². The lowest BCUT2D eigenvalue weighted by Gasteiger charge is -2.35. The third kappa shape index (κ3) is 3.45. The molecule has 2 heterocycles. The van der Waals surface area contributed by atoms with Crippen LogP contribution in [0.3, 0.4) is 0 Å². The van der Waals surface area contributed by atoms with Gasteiger partial charge < -0.3 is 9.64 Å². The average molecular weight is 338 g/mol. The van der Waals surface area contributed by atoms with Gasteiger partial charge in [0.25, 0.3) is 0 Å². The van der Waals surface area contributed by atoms with Gasteiger partial charge in [0.05, 0.1) is 17.6 Å². The number of ether oxygens (including phenoxy) is 1. The molecule has 2 aliphatic heterocycles. The number of benzene rings is 1. The van der Waals surface area contributed by atoms with Crippen LogP contribution in [0.15, 0.2) is 29.2 Å². The fourth-order valence-electron chi connectivity index (χ4n) is 3.74. The Balaban J connectivity index is 1.73. The molecule has 0 amide bonds. The van der Waals surface area contributed by atoms with Gasteiger partial charge in [0.15, 0.2) is 0 Å². The first-order chi connectivity index (χ1) is 10.9.